The second kappa shape index (κ2) is 5.77. The summed E-state index contributed by atoms with van der Waals surface area (Å²) in [7, 11) is -3.69. The zero-order chi connectivity index (χ0) is 15.8. The monoisotopic (exact) mass is 311 g/mol. The first kappa shape index (κ1) is 16.0. The molecular formula is C15H21NO4S. The molecule has 1 aromatic rings. The van der Waals surface area contributed by atoms with Gasteiger partial charge in [0, 0.05) is 6.04 Å². The normalized spacial score (nSPS) is 26.0. The van der Waals surface area contributed by atoms with Crippen LogP contribution in [0, 0.1) is 18.8 Å². The van der Waals surface area contributed by atoms with Crippen molar-refractivity contribution in [3.05, 3.63) is 29.3 Å². The van der Waals surface area contributed by atoms with Gasteiger partial charge in [0.15, 0.2) is 0 Å². The number of rotatable bonds is 4. The van der Waals surface area contributed by atoms with Crippen LogP contribution in [0.5, 0.6) is 0 Å². The van der Waals surface area contributed by atoms with Crippen LogP contribution in [0.1, 0.15) is 42.6 Å². The maximum absolute atomic E-state index is 12.4. The van der Waals surface area contributed by atoms with E-state index in [1.54, 1.807) is 6.92 Å². The van der Waals surface area contributed by atoms with Crippen LogP contribution in [0.2, 0.25) is 0 Å². The van der Waals surface area contributed by atoms with E-state index in [1.165, 1.54) is 18.2 Å². The number of aryl methyl sites for hydroxylation is 1. The minimum absolute atomic E-state index is 0.0113. The molecule has 0 saturated heterocycles. The summed E-state index contributed by atoms with van der Waals surface area (Å²) in [5.41, 5.74) is 0.565. The van der Waals surface area contributed by atoms with E-state index in [4.69, 9.17) is 5.11 Å². The molecule has 1 aliphatic rings. The maximum Gasteiger partial charge on any atom is 0.335 e. The topological polar surface area (TPSA) is 83.5 Å². The quantitative estimate of drug-likeness (QED) is 0.894. The molecule has 0 amide bonds. The van der Waals surface area contributed by atoms with Crippen molar-refractivity contribution in [2.45, 2.75) is 44.6 Å². The number of sulfonamides is 1. The van der Waals surface area contributed by atoms with Crippen LogP contribution in [0.25, 0.3) is 0 Å². The van der Waals surface area contributed by atoms with Crippen LogP contribution < -0.4 is 4.72 Å². The predicted molar refractivity (Wildman–Crippen MR) is 79.8 cm³/mol. The summed E-state index contributed by atoms with van der Waals surface area (Å²) in [5, 5.41) is 9.10. The highest BCUT2D eigenvalue weighted by molar-refractivity contribution is 7.89. The Morgan fingerprint density at radius 1 is 1.29 bits per heavy atom. The average Bonchev–Trinajstić information content (AvgIpc) is 2.70. The van der Waals surface area contributed by atoms with Crippen molar-refractivity contribution in [2.75, 3.05) is 0 Å². The van der Waals surface area contributed by atoms with Crippen molar-refractivity contribution in [1.29, 1.82) is 0 Å². The lowest BCUT2D eigenvalue weighted by Gasteiger charge is -2.20. The Hall–Kier alpha value is -1.40. The van der Waals surface area contributed by atoms with Gasteiger partial charge in [-0.1, -0.05) is 19.9 Å². The number of carbonyl (C=O) groups is 1. The van der Waals surface area contributed by atoms with Gasteiger partial charge in [0.1, 0.15) is 0 Å². The molecule has 0 bridgehead atoms. The Kier molecular flexibility index (Phi) is 4.39. The minimum atomic E-state index is -3.69. The summed E-state index contributed by atoms with van der Waals surface area (Å²) in [6.07, 6.45) is 1.82. The molecule has 116 valence electrons. The molecule has 0 heterocycles. The molecule has 1 saturated carbocycles. The number of aromatic carboxylic acids is 1. The molecule has 5 nitrogen and oxygen atoms in total. The highest BCUT2D eigenvalue weighted by Crippen LogP contribution is 2.32. The Labute approximate surface area is 125 Å². The smallest absolute Gasteiger partial charge is 0.335 e. The predicted octanol–water partition coefficient (Wildman–Crippen LogP) is 2.41. The van der Waals surface area contributed by atoms with E-state index in [0.717, 1.165) is 12.8 Å². The summed E-state index contributed by atoms with van der Waals surface area (Å²) < 4.78 is 27.6. The number of carboxylic acids is 1. The van der Waals surface area contributed by atoms with Crippen molar-refractivity contribution in [1.82, 2.24) is 4.72 Å². The molecule has 2 rings (SSSR count). The highest BCUT2D eigenvalue weighted by Gasteiger charge is 2.33. The first-order chi connectivity index (χ1) is 9.72. The molecule has 6 heteroatoms. The van der Waals surface area contributed by atoms with Gasteiger partial charge in [-0.05, 0) is 49.3 Å². The van der Waals surface area contributed by atoms with E-state index in [0.29, 0.717) is 11.5 Å². The zero-order valence-electron chi connectivity index (χ0n) is 12.5. The fourth-order valence-electron chi connectivity index (χ4n) is 2.80. The summed E-state index contributed by atoms with van der Waals surface area (Å²) in [4.78, 5) is 11.1. The van der Waals surface area contributed by atoms with Gasteiger partial charge >= 0.3 is 5.97 Å². The van der Waals surface area contributed by atoms with Crippen LogP contribution in [0.3, 0.4) is 0 Å². The molecule has 21 heavy (non-hydrogen) atoms. The lowest BCUT2D eigenvalue weighted by Crippen LogP contribution is -2.37. The van der Waals surface area contributed by atoms with Gasteiger partial charge in [-0.15, -0.1) is 0 Å². The van der Waals surface area contributed by atoms with E-state index in [9.17, 15) is 13.2 Å². The standard InChI is InChI=1S/C15H21NO4S/c1-9-5-7-14(11(9)3)16-21(19,20)12-6-4-10(2)13(8-12)15(17)18/h4,6,8-9,11,14,16H,5,7H2,1-3H3,(H,17,18). The molecule has 0 aromatic heterocycles. The third-order valence-electron chi connectivity index (χ3n) is 4.52. The van der Waals surface area contributed by atoms with Gasteiger partial charge in [-0.2, -0.15) is 0 Å². The third kappa shape index (κ3) is 3.27. The van der Waals surface area contributed by atoms with E-state index in [1.807, 2.05) is 6.92 Å². The molecular weight excluding hydrogens is 290 g/mol. The van der Waals surface area contributed by atoms with Crippen molar-refractivity contribution in [3.63, 3.8) is 0 Å². The third-order valence-corrected chi connectivity index (χ3v) is 6.01. The van der Waals surface area contributed by atoms with Crippen LogP contribution in [0.15, 0.2) is 23.1 Å². The molecule has 3 atom stereocenters. The van der Waals surface area contributed by atoms with Gasteiger partial charge in [0.25, 0.3) is 0 Å². The summed E-state index contributed by atoms with van der Waals surface area (Å²) in [6, 6.07) is 4.12. The average molecular weight is 311 g/mol. The Balaban J connectivity index is 2.28. The molecule has 2 N–H and O–H groups in total. The lowest BCUT2D eigenvalue weighted by atomic mass is 9.98. The van der Waals surface area contributed by atoms with Crippen molar-refractivity contribution >= 4 is 16.0 Å². The lowest BCUT2D eigenvalue weighted by molar-refractivity contribution is 0.0696. The fraction of sp³-hybridized carbons (Fsp3) is 0.533. The van der Waals surface area contributed by atoms with Gasteiger partial charge in [-0.3, -0.25) is 0 Å². The largest absolute Gasteiger partial charge is 0.478 e. The zero-order valence-corrected chi connectivity index (χ0v) is 13.3. The number of hydrogen-bond donors (Lipinski definition) is 2. The SMILES string of the molecule is Cc1ccc(S(=O)(=O)NC2CCC(C)C2C)cc1C(=O)O. The number of hydrogen-bond acceptors (Lipinski definition) is 3. The molecule has 1 fully saturated rings. The van der Waals surface area contributed by atoms with Crippen LogP contribution >= 0.6 is 0 Å². The van der Waals surface area contributed by atoms with Crippen LogP contribution in [-0.4, -0.2) is 25.5 Å². The van der Waals surface area contributed by atoms with Gasteiger partial charge < -0.3 is 5.11 Å². The fourth-order valence-corrected chi connectivity index (χ4v) is 4.18. The maximum atomic E-state index is 12.4. The number of carboxylic acid groups (broad SMARTS) is 1. The van der Waals surface area contributed by atoms with E-state index in [-0.39, 0.29) is 22.4 Å². The second-order valence-electron chi connectivity index (χ2n) is 5.92. The molecule has 1 aromatic carbocycles. The van der Waals surface area contributed by atoms with Crippen molar-refractivity contribution in [2.24, 2.45) is 11.8 Å². The van der Waals surface area contributed by atoms with Crippen molar-refractivity contribution in [3.8, 4) is 0 Å². The molecule has 0 radical (unpaired) electrons. The first-order valence-corrected chi connectivity index (χ1v) is 8.57. The Bertz CT molecular complexity index is 654. The van der Waals surface area contributed by atoms with Crippen LogP contribution in [0.4, 0.5) is 0 Å². The second-order valence-corrected chi connectivity index (χ2v) is 7.64. The number of benzene rings is 1. The molecule has 0 aliphatic heterocycles. The number of nitrogens with one attached hydrogen (secondary N) is 1. The Morgan fingerprint density at radius 2 is 1.95 bits per heavy atom. The molecule has 0 spiro atoms. The molecule has 1 aliphatic carbocycles. The minimum Gasteiger partial charge on any atom is -0.478 e. The summed E-state index contributed by atoms with van der Waals surface area (Å²) in [5.74, 6) is -0.345. The van der Waals surface area contributed by atoms with Gasteiger partial charge in [0.2, 0.25) is 10.0 Å². The van der Waals surface area contributed by atoms with E-state index in [2.05, 4.69) is 11.6 Å². The van der Waals surface area contributed by atoms with Crippen LogP contribution in [-0.2, 0) is 10.0 Å². The van der Waals surface area contributed by atoms with E-state index >= 15 is 0 Å². The Morgan fingerprint density at radius 3 is 2.48 bits per heavy atom. The highest BCUT2D eigenvalue weighted by atomic mass is 32.2. The summed E-state index contributed by atoms with van der Waals surface area (Å²) >= 11 is 0. The van der Waals surface area contributed by atoms with E-state index < -0.39 is 16.0 Å². The first-order valence-electron chi connectivity index (χ1n) is 7.08. The van der Waals surface area contributed by atoms with Gasteiger partial charge in [0.05, 0.1) is 10.5 Å². The van der Waals surface area contributed by atoms with Crippen molar-refractivity contribution < 1.29 is 18.3 Å². The molecule has 3 unspecified atom stereocenters. The van der Waals surface area contributed by atoms with Gasteiger partial charge in [-0.25, -0.2) is 17.9 Å². The summed E-state index contributed by atoms with van der Waals surface area (Å²) in [6.45, 7) is 5.81.